The van der Waals surface area contributed by atoms with Gasteiger partial charge in [0, 0.05) is 10.6 Å². The Kier molecular flexibility index (Phi) is 3.67. The second-order valence-electron chi connectivity index (χ2n) is 4.62. The first-order chi connectivity index (χ1) is 9.26. The molecule has 1 aromatic heterocycles. The van der Waals surface area contributed by atoms with E-state index in [2.05, 4.69) is 23.5 Å². The molecular formula is C15H16ClNOS. The van der Waals surface area contributed by atoms with Crippen molar-refractivity contribution in [1.82, 2.24) is 0 Å². The highest BCUT2D eigenvalue weighted by Crippen LogP contribution is 2.40. The van der Waals surface area contributed by atoms with Crippen molar-refractivity contribution in [3.05, 3.63) is 45.1 Å². The second kappa shape index (κ2) is 5.43. The summed E-state index contributed by atoms with van der Waals surface area (Å²) in [4.78, 5) is 1.42. The fraction of sp³-hybridized carbons (Fsp3) is 0.333. The summed E-state index contributed by atoms with van der Waals surface area (Å²) < 4.78 is 6.34. The summed E-state index contributed by atoms with van der Waals surface area (Å²) in [6.07, 6.45) is 2.27. The lowest BCUT2D eigenvalue weighted by molar-refractivity contribution is 0.340. The number of aryl methyl sites for hydroxylation is 1. The lowest BCUT2D eigenvalue weighted by Gasteiger charge is -2.15. The van der Waals surface area contributed by atoms with Crippen molar-refractivity contribution >= 4 is 28.6 Å². The van der Waals surface area contributed by atoms with E-state index >= 15 is 0 Å². The molecule has 1 aliphatic rings. The monoisotopic (exact) mass is 293 g/mol. The first kappa shape index (κ1) is 12.8. The molecule has 0 bridgehead atoms. The van der Waals surface area contributed by atoms with Crippen molar-refractivity contribution in [2.45, 2.75) is 25.8 Å². The van der Waals surface area contributed by atoms with E-state index in [1.165, 1.54) is 10.4 Å². The Balaban J connectivity index is 1.72. The van der Waals surface area contributed by atoms with Gasteiger partial charge < -0.3 is 10.1 Å². The molecule has 1 unspecified atom stereocenters. The zero-order valence-corrected chi connectivity index (χ0v) is 12.4. The lowest BCUT2D eigenvalue weighted by Crippen LogP contribution is -2.06. The van der Waals surface area contributed by atoms with Crippen LogP contribution in [0.15, 0.2) is 30.3 Å². The molecule has 2 nitrogen and oxygen atoms in total. The molecule has 19 heavy (non-hydrogen) atoms. The minimum absolute atomic E-state index is 0.386. The van der Waals surface area contributed by atoms with Crippen molar-refractivity contribution in [3.63, 3.8) is 0 Å². The van der Waals surface area contributed by atoms with Crippen molar-refractivity contribution in [1.29, 1.82) is 0 Å². The summed E-state index contributed by atoms with van der Waals surface area (Å²) in [7, 11) is 0. The van der Waals surface area contributed by atoms with Crippen molar-refractivity contribution in [2.75, 3.05) is 11.9 Å². The normalized spacial score (nSPS) is 17.3. The molecule has 0 radical (unpaired) electrons. The zero-order valence-electron chi connectivity index (χ0n) is 10.8. The maximum absolute atomic E-state index is 6.08. The van der Waals surface area contributed by atoms with Gasteiger partial charge in [0.25, 0.3) is 0 Å². The maximum atomic E-state index is 6.08. The molecule has 1 aromatic carbocycles. The number of nitrogens with one attached hydrogen (secondary N) is 1. The van der Waals surface area contributed by atoms with Crippen LogP contribution in [-0.2, 0) is 6.42 Å². The highest BCUT2D eigenvalue weighted by Gasteiger charge is 2.24. The van der Waals surface area contributed by atoms with Gasteiger partial charge in [-0.25, -0.2) is 0 Å². The Morgan fingerprint density at radius 1 is 1.37 bits per heavy atom. The summed E-state index contributed by atoms with van der Waals surface area (Å²) in [6, 6.07) is 10.6. The van der Waals surface area contributed by atoms with Crippen LogP contribution in [0.25, 0.3) is 0 Å². The molecule has 0 amide bonds. The number of rotatable bonds is 4. The summed E-state index contributed by atoms with van der Waals surface area (Å²) in [5.74, 6) is 0.915. The number of benzene rings is 1. The Bertz CT molecular complexity index is 564. The van der Waals surface area contributed by atoms with Gasteiger partial charge in [0.05, 0.1) is 17.0 Å². The predicted octanol–water partition coefficient (Wildman–Crippen LogP) is 4.90. The van der Waals surface area contributed by atoms with Gasteiger partial charge in [-0.3, -0.25) is 0 Å². The fourth-order valence-electron chi connectivity index (χ4n) is 2.50. The molecule has 100 valence electrons. The van der Waals surface area contributed by atoms with Gasteiger partial charge in [-0.15, -0.1) is 11.3 Å². The van der Waals surface area contributed by atoms with Gasteiger partial charge >= 0.3 is 0 Å². The summed E-state index contributed by atoms with van der Waals surface area (Å²) in [5.41, 5.74) is 2.49. The van der Waals surface area contributed by atoms with Crippen LogP contribution in [-0.4, -0.2) is 6.61 Å². The maximum Gasteiger partial charge on any atom is 0.119 e. The molecule has 1 heterocycles. The van der Waals surface area contributed by atoms with Crippen LogP contribution in [0.1, 0.15) is 29.8 Å². The molecule has 0 spiro atoms. The van der Waals surface area contributed by atoms with Crippen LogP contribution < -0.4 is 10.1 Å². The molecule has 0 aliphatic heterocycles. The van der Waals surface area contributed by atoms with Crippen molar-refractivity contribution in [2.24, 2.45) is 0 Å². The third-order valence-electron chi connectivity index (χ3n) is 3.35. The Hall–Kier alpha value is -1.19. The smallest absolute Gasteiger partial charge is 0.119 e. The number of anilines is 1. The largest absolute Gasteiger partial charge is 0.494 e. The fourth-order valence-corrected chi connectivity index (χ4v) is 3.85. The average Bonchev–Trinajstić information content (AvgIpc) is 2.93. The standard InChI is InChI=1S/C15H16ClNOS/c1-2-18-11-5-3-10(4-6-11)17-13-7-8-14-12(13)9-15(16)19-14/h3-6,9,13,17H,2,7-8H2,1H3. The van der Waals surface area contributed by atoms with Crippen molar-refractivity contribution < 1.29 is 4.74 Å². The predicted molar refractivity (Wildman–Crippen MR) is 81.6 cm³/mol. The first-order valence-corrected chi connectivity index (χ1v) is 7.73. The second-order valence-corrected chi connectivity index (χ2v) is 6.39. The lowest BCUT2D eigenvalue weighted by atomic mass is 10.1. The van der Waals surface area contributed by atoms with E-state index in [1.54, 1.807) is 11.3 Å². The van der Waals surface area contributed by atoms with Gasteiger partial charge in [0.2, 0.25) is 0 Å². The number of hydrogen-bond acceptors (Lipinski definition) is 3. The molecule has 0 saturated carbocycles. The summed E-state index contributed by atoms with van der Waals surface area (Å²) >= 11 is 7.78. The molecule has 1 N–H and O–H groups in total. The van der Waals surface area contributed by atoms with Crippen molar-refractivity contribution in [3.8, 4) is 5.75 Å². The van der Waals surface area contributed by atoms with E-state index in [0.717, 1.165) is 28.6 Å². The molecule has 2 aromatic rings. The quantitative estimate of drug-likeness (QED) is 0.866. The topological polar surface area (TPSA) is 21.3 Å². The van der Waals surface area contributed by atoms with E-state index in [1.807, 2.05) is 19.1 Å². The van der Waals surface area contributed by atoms with Crippen LogP contribution in [0, 0.1) is 0 Å². The van der Waals surface area contributed by atoms with Crippen LogP contribution >= 0.6 is 22.9 Å². The van der Waals surface area contributed by atoms with Crippen LogP contribution in [0.3, 0.4) is 0 Å². The SMILES string of the molecule is CCOc1ccc(NC2CCc3sc(Cl)cc32)cc1. The Labute approximate surface area is 122 Å². The summed E-state index contributed by atoms with van der Waals surface area (Å²) in [5, 5.41) is 3.57. The third-order valence-corrected chi connectivity index (χ3v) is 4.69. The molecule has 3 rings (SSSR count). The number of ether oxygens (including phenoxy) is 1. The Morgan fingerprint density at radius 3 is 2.89 bits per heavy atom. The van der Waals surface area contributed by atoms with Gasteiger partial charge in [-0.2, -0.15) is 0 Å². The van der Waals surface area contributed by atoms with Gasteiger partial charge in [0.15, 0.2) is 0 Å². The van der Waals surface area contributed by atoms with Crippen LogP contribution in [0.4, 0.5) is 5.69 Å². The van der Waals surface area contributed by atoms with E-state index in [-0.39, 0.29) is 0 Å². The van der Waals surface area contributed by atoms with E-state index < -0.39 is 0 Å². The van der Waals surface area contributed by atoms with Gasteiger partial charge in [0.1, 0.15) is 5.75 Å². The van der Waals surface area contributed by atoms with E-state index in [0.29, 0.717) is 12.6 Å². The summed E-state index contributed by atoms with van der Waals surface area (Å²) in [6.45, 7) is 2.69. The third kappa shape index (κ3) is 2.72. The van der Waals surface area contributed by atoms with Gasteiger partial charge in [-0.1, -0.05) is 11.6 Å². The first-order valence-electron chi connectivity index (χ1n) is 6.54. The van der Waals surface area contributed by atoms with E-state index in [9.17, 15) is 0 Å². The zero-order chi connectivity index (χ0) is 13.2. The van der Waals surface area contributed by atoms with Gasteiger partial charge in [-0.05, 0) is 55.7 Å². The molecule has 4 heteroatoms. The van der Waals surface area contributed by atoms with Crippen LogP contribution in [0.5, 0.6) is 5.75 Å². The molecular weight excluding hydrogens is 278 g/mol. The highest BCUT2D eigenvalue weighted by atomic mass is 35.5. The number of hydrogen-bond donors (Lipinski definition) is 1. The number of halogens is 1. The molecule has 0 saturated heterocycles. The average molecular weight is 294 g/mol. The highest BCUT2D eigenvalue weighted by molar-refractivity contribution is 7.16. The molecule has 1 aliphatic carbocycles. The van der Waals surface area contributed by atoms with E-state index in [4.69, 9.17) is 16.3 Å². The van der Waals surface area contributed by atoms with Crippen LogP contribution in [0.2, 0.25) is 4.34 Å². The molecule has 1 atom stereocenters. The number of fused-ring (bicyclic) bond motifs is 1. The minimum Gasteiger partial charge on any atom is -0.494 e. The molecule has 0 fully saturated rings. The Morgan fingerprint density at radius 2 is 2.16 bits per heavy atom. The number of thiophene rings is 1. The minimum atomic E-state index is 0.386.